The minimum Gasteiger partial charge on any atom is -0.385 e. The molecule has 0 unspecified atom stereocenters. The average Bonchev–Trinajstić information content (AvgIpc) is 3.15. The van der Waals surface area contributed by atoms with Crippen LogP contribution in [0.1, 0.15) is 31.5 Å². The van der Waals surface area contributed by atoms with Crippen molar-refractivity contribution in [1.29, 1.82) is 0 Å². The number of fused-ring (bicyclic) bond motifs is 1. The molecule has 0 bridgehead atoms. The molecule has 0 atom stereocenters. The first-order chi connectivity index (χ1) is 13.8. The van der Waals surface area contributed by atoms with Crippen LogP contribution in [0.5, 0.6) is 0 Å². The molecule has 0 spiro atoms. The fraction of sp³-hybridized carbons (Fsp3) is 0.619. The van der Waals surface area contributed by atoms with Gasteiger partial charge >= 0.3 is 0 Å². The highest BCUT2D eigenvalue weighted by molar-refractivity contribution is 14.0. The zero-order valence-corrected chi connectivity index (χ0v) is 19.9. The Morgan fingerprint density at radius 2 is 2.03 bits per heavy atom. The van der Waals surface area contributed by atoms with Gasteiger partial charge in [0.15, 0.2) is 5.96 Å². The van der Waals surface area contributed by atoms with Crippen molar-refractivity contribution in [3.8, 4) is 0 Å². The van der Waals surface area contributed by atoms with Gasteiger partial charge in [-0.05, 0) is 37.8 Å². The maximum absolute atomic E-state index is 5.94. The first-order valence-corrected chi connectivity index (χ1v) is 10.3. The van der Waals surface area contributed by atoms with E-state index in [4.69, 9.17) is 9.47 Å². The summed E-state index contributed by atoms with van der Waals surface area (Å²) >= 11 is 0. The molecule has 1 aromatic carbocycles. The van der Waals surface area contributed by atoms with Gasteiger partial charge in [-0.2, -0.15) is 0 Å². The number of benzene rings is 1. The van der Waals surface area contributed by atoms with Crippen LogP contribution in [-0.2, 0) is 15.9 Å². The van der Waals surface area contributed by atoms with Crippen LogP contribution in [-0.4, -0.2) is 73.9 Å². The number of imidazole rings is 1. The Kier molecular flexibility index (Phi) is 10.7. The number of methoxy groups -OCH3 is 1. The molecule has 2 heterocycles. The lowest BCUT2D eigenvalue weighted by atomic mass is 10.1. The van der Waals surface area contributed by atoms with Gasteiger partial charge in [-0.25, -0.2) is 4.98 Å². The van der Waals surface area contributed by atoms with Crippen LogP contribution >= 0.6 is 24.0 Å². The maximum Gasteiger partial charge on any atom is 0.193 e. The SMILES string of the molecule is CN=C(NCCCc1nc2ccccc2[nH]1)N1CCC(OCCCOC)CC1.I. The number of ether oxygens (including phenoxy) is 2. The second-order valence-electron chi connectivity index (χ2n) is 7.18. The standard InChI is InChI=1S/C21H33N5O2.HI/c1-22-21(26-13-10-17(11-14-26)28-16-6-15-27-2)23-12-5-9-20-24-18-7-3-4-8-19(18)25-20;/h3-4,7-8,17H,5-6,9-16H2,1-2H3,(H,22,23)(H,24,25);1H. The lowest BCUT2D eigenvalue weighted by Gasteiger charge is -2.34. The van der Waals surface area contributed by atoms with Gasteiger partial charge < -0.3 is 24.7 Å². The fourth-order valence-electron chi connectivity index (χ4n) is 3.60. The first kappa shape index (κ1) is 23.9. The summed E-state index contributed by atoms with van der Waals surface area (Å²) in [4.78, 5) is 14.8. The molecule has 8 heteroatoms. The van der Waals surface area contributed by atoms with Gasteiger partial charge in [0.2, 0.25) is 0 Å². The van der Waals surface area contributed by atoms with Crippen molar-refractivity contribution in [1.82, 2.24) is 20.2 Å². The van der Waals surface area contributed by atoms with E-state index in [1.54, 1.807) is 7.11 Å². The van der Waals surface area contributed by atoms with Gasteiger partial charge in [0, 0.05) is 53.4 Å². The number of aliphatic imine (C=N–C) groups is 1. The molecular weight excluding hydrogens is 481 g/mol. The molecule has 0 amide bonds. The second-order valence-corrected chi connectivity index (χ2v) is 7.18. The summed E-state index contributed by atoms with van der Waals surface area (Å²) in [5, 5.41) is 3.49. The zero-order valence-electron chi connectivity index (χ0n) is 17.5. The van der Waals surface area contributed by atoms with Crippen molar-refractivity contribution in [2.45, 2.75) is 38.2 Å². The number of aryl methyl sites for hydroxylation is 1. The summed E-state index contributed by atoms with van der Waals surface area (Å²) in [7, 11) is 3.59. The van der Waals surface area contributed by atoms with Gasteiger partial charge in [-0.15, -0.1) is 24.0 Å². The van der Waals surface area contributed by atoms with Crippen LogP contribution < -0.4 is 5.32 Å². The molecule has 1 aliphatic rings. The third kappa shape index (κ3) is 7.42. The minimum atomic E-state index is 0. The molecule has 0 aliphatic carbocycles. The number of piperidine rings is 1. The lowest BCUT2D eigenvalue weighted by Crippen LogP contribution is -2.47. The van der Waals surface area contributed by atoms with Crippen molar-refractivity contribution in [3.63, 3.8) is 0 Å². The van der Waals surface area contributed by atoms with E-state index in [2.05, 4.69) is 31.2 Å². The van der Waals surface area contributed by atoms with Crippen LogP contribution in [0, 0.1) is 0 Å². The average molecular weight is 515 g/mol. The van der Waals surface area contributed by atoms with Gasteiger partial charge in [-0.3, -0.25) is 4.99 Å². The van der Waals surface area contributed by atoms with E-state index in [1.807, 2.05) is 25.2 Å². The maximum atomic E-state index is 5.94. The predicted molar refractivity (Wildman–Crippen MR) is 128 cm³/mol. The number of nitrogens with one attached hydrogen (secondary N) is 2. The molecule has 1 aromatic heterocycles. The van der Waals surface area contributed by atoms with E-state index >= 15 is 0 Å². The van der Waals surface area contributed by atoms with E-state index in [9.17, 15) is 0 Å². The summed E-state index contributed by atoms with van der Waals surface area (Å²) < 4.78 is 11.0. The van der Waals surface area contributed by atoms with Gasteiger partial charge in [0.1, 0.15) is 5.82 Å². The molecule has 1 fully saturated rings. The Morgan fingerprint density at radius 3 is 2.76 bits per heavy atom. The van der Waals surface area contributed by atoms with E-state index < -0.39 is 0 Å². The summed E-state index contributed by atoms with van der Waals surface area (Å²) in [5.74, 6) is 2.03. The number of aromatic amines is 1. The van der Waals surface area contributed by atoms with Gasteiger partial charge in [0.05, 0.1) is 17.1 Å². The number of guanidine groups is 1. The van der Waals surface area contributed by atoms with Crippen molar-refractivity contribution < 1.29 is 9.47 Å². The molecule has 2 N–H and O–H groups in total. The van der Waals surface area contributed by atoms with E-state index in [0.29, 0.717) is 6.10 Å². The fourth-order valence-corrected chi connectivity index (χ4v) is 3.60. The lowest BCUT2D eigenvalue weighted by molar-refractivity contribution is 0.00991. The topological polar surface area (TPSA) is 74.8 Å². The molecule has 1 aliphatic heterocycles. The number of halogens is 1. The second kappa shape index (κ2) is 13.0. The Labute approximate surface area is 190 Å². The Bertz CT molecular complexity index is 711. The smallest absolute Gasteiger partial charge is 0.193 e. The largest absolute Gasteiger partial charge is 0.385 e. The van der Waals surface area contributed by atoms with Crippen LogP contribution in [0.4, 0.5) is 0 Å². The van der Waals surface area contributed by atoms with E-state index in [-0.39, 0.29) is 24.0 Å². The molecule has 29 heavy (non-hydrogen) atoms. The van der Waals surface area contributed by atoms with Gasteiger partial charge in [0.25, 0.3) is 0 Å². The van der Waals surface area contributed by atoms with Crippen molar-refractivity contribution >= 4 is 41.0 Å². The normalized spacial score (nSPS) is 15.5. The number of aromatic nitrogens is 2. The molecule has 0 radical (unpaired) electrons. The van der Waals surface area contributed by atoms with E-state index in [1.165, 1.54) is 0 Å². The third-order valence-corrected chi connectivity index (χ3v) is 5.11. The van der Waals surface area contributed by atoms with E-state index in [0.717, 1.165) is 87.8 Å². The zero-order chi connectivity index (χ0) is 19.6. The van der Waals surface area contributed by atoms with Crippen LogP contribution in [0.25, 0.3) is 11.0 Å². The number of hydrogen-bond donors (Lipinski definition) is 2. The van der Waals surface area contributed by atoms with Crippen LogP contribution in [0.3, 0.4) is 0 Å². The highest BCUT2D eigenvalue weighted by Gasteiger charge is 2.21. The third-order valence-electron chi connectivity index (χ3n) is 5.11. The number of nitrogens with zero attached hydrogens (tertiary/aromatic N) is 3. The molecule has 2 aromatic rings. The summed E-state index contributed by atoms with van der Waals surface area (Å²) in [6, 6.07) is 8.16. The number of hydrogen-bond acceptors (Lipinski definition) is 4. The van der Waals surface area contributed by atoms with Crippen molar-refractivity contribution in [2.75, 3.05) is 47.0 Å². The number of likely N-dealkylation sites (tertiary alicyclic amines) is 1. The molecule has 7 nitrogen and oxygen atoms in total. The predicted octanol–water partition coefficient (Wildman–Crippen LogP) is 3.21. The Balaban J connectivity index is 0.00000300. The monoisotopic (exact) mass is 515 g/mol. The number of para-hydroxylation sites is 2. The number of H-pyrrole nitrogens is 1. The van der Waals surface area contributed by atoms with Crippen LogP contribution in [0.15, 0.2) is 29.3 Å². The minimum absolute atomic E-state index is 0. The first-order valence-electron chi connectivity index (χ1n) is 10.3. The Morgan fingerprint density at radius 1 is 1.24 bits per heavy atom. The molecule has 1 saturated heterocycles. The number of rotatable bonds is 9. The summed E-state index contributed by atoms with van der Waals surface area (Å²) in [6.45, 7) is 4.41. The quantitative estimate of drug-likeness (QED) is 0.232. The molecule has 0 saturated carbocycles. The Hall–Kier alpha value is -1.39. The van der Waals surface area contributed by atoms with Crippen molar-refractivity contribution in [2.24, 2.45) is 4.99 Å². The van der Waals surface area contributed by atoms with Crippen LogP contribution in [0.2, 0.25) is 0 Å². The summed E-state index contributed by atoms with van der Waals surface area (Å²) in [5.41, 5.74) is 2.14. The highest BCUT2D eigenvalue weighted by atomic mass is 127. The molecular formula is C21H34IN5O2. The highest BCUT2D eigenvalue weighted by Crippen LogP contribution is 2.14. The molecule has 3 rings (SSSR count). The summed E-state index contributed by atoms with van der Waals surface area (Å²) in [6.07, 6.45) is 5.36. The van der Waals surface area contributed by atoms with Gasteiger partial charge in [-0.1, -0.05) is 12.1 Å². The van der Waals surface area contributed by atoms with Crippen molar-refractivity contribution in [3.05, 3.63) is 30.1 Å². The molecule has 162 valence electrons.